The lowest BCUT2D eigenvalue weighted by atomic mass is 9.97. The fraction of sp³-hybridized carbons (Fsp3) is 0.505. The smallest absolute Gasteiger partial charge is 0.375 e. The molecule has 16 N–H and O–H groups in total. The van der Waals surface area contributed by atoms with Crippen LogP contribution in [0.2, 0.25) is 0 Å². The number of carbonyl (C=O) groups is 10. The summed E-state index contributed by atoms with van der Waals surface area (Å²) in [5, 5.41) is 50.7. The summed E-state index contributed by atoms with van der Waals surface area (Å²) in [5.41, 5.74) is 19.3. The Bertz CT molecular complexity index is 6170. The van der Waals surface area contributed by atoms with Gasteiger partial charge in [0.1, 0.15) is 24.2 Å². The van der Waals surface area contributed by atoms with Gasteiger partial charge in [-0.15, -0.1) is 0 Å². The summed E-state index contributed by atoms with van der Waals surface area (Å²) >= 11 is 0. The normalized spacial score (nSPS) is 16.6. The van der Waals surface area contributed by atoms with Crippen molar-refractivity contribution in [3.63, 3.8) is 0 Å². The van der Waals surface area contributed by atoms with E-state index in [4.69, 9.17) is 63.8 Å². The number of benzene rings is 4. The van der Waals surface area contributed by atoms with Crippen LogP contribution >= 0.6 is 0 Å². The summed E-state index contributed by atoms with van der Waals surface area (Å²) < 4.78 is 42.7. The van der Waals surface area contributed by atoms with E-state index in [0.29, 0.717) is 75.0 Å². The number of amides is 2. The number of aromatic nitrogens is 8. The van der Waals surface area contributed by atoms with Gasteiger partial charge in [0.15, 0.2) is 23.6 Å². The second kappa shape index (κ2) is 60.0. The van der Waals surface area contributed by atoms with Crippen LogP contribution in [0.25, 0.3) is 43.6 Å². The zero-order valence-corrected chi connectivity index (χ0v) is 86.7. The number of carboxylic acid groups (broad SMARTS) is 4. The fourth-order valence-electron chi connectivity index (χ4n) is 18.0. The number of likely N-dealkylation sites (tertiary alicyclic amines) is 4. The molecule has 6 fully saturated rings. The van der Waals surface area contributed by atoms with E-state index >= 15 is 0 Å². The number of aromatic amines is 4. The molecule has 4 aromatic carbocycles. The van der Waals surface area contributed by atoms with Crippen LogP contribution in [0.15, 0.2) is 164 Å². The summed E-state index contributed by atoms with van der Waals surface area (Å²) in [7, 11) is 9.64. The van der Waals surface area contributed by atoms with E-state index in [1.807, 2.05) is 143 Å². The maximum atomic E-state index is 13.0. The molecule has 6 saturated heterocycles. The molecule has 14 heterocycles. The van der Waals surface area contributed by atoms with Crippen molar-refractivity contribution in [2.75, 3.05) is 134 Å². The first-order chi connectivity index (χ1) is 72.0. The highest BCUT2D eigenvalue weighted by molar-refractivity contribution is 5.96. The summed E-state index contributed by atoms with van der Waals surface area (Å²) in [6.45, 7) is 18.7. The van der Waals surface area contributed by atoms with Gasteiger partial charge in [0, 0.05) is 118 Å². The minimum Gasteiger partial charge on any atom is -0.481 e. The van der Waals surface area contributed by atoms with E-state index in [1.165, 1.54) is 31.9 Å². The van der Waals surface area contributed by atoms with Crippen molar-refractivity contribution in [2.24, 2.45) is 23.3 Å². The average Bonchev–Trinajstić information content (AvgIpc) is 1.68. The molecule has 0 bridgehead atoms. The van der Waals surface area contributed by atoms with Crippen LogP contribution in [0, 0.1) is 11.8 Å². The Balaban J connectivity index is 0.000000168. The van der Waals surface area contributed by atoms with Crippen LogP contribution in [0.1, 0.15) is 248 Å². The number of unbranched alkanes of at least 4 members (excludes halogenated alkanes) is 3. The second-order valence-electron chi connectivity index (χ2n) is 38.5. The number of hydrogen-bond donors (Lipinski definition) is 14. The highest BCUT2D eigenvalue weighted by Crippen LogP contribution is 2.33. The van der Waals surface area contributed by atoms with Gasteiger partial charge >= 0.3 is 47.8 Å². The molecule has 0 aliphatic carbocycles. The zero-order valence-electron chi connectivity index (χ0n) is 86.7. The van der Waals surface area contributed by atoms with E-state index in [1.54, 1.807) is 0 Å². The molecule has 0 spiro atoms. The molecule has 40 nitrogen and oxygen atoms in total. The number of ether oxygens (including phenoxy) is 4. The number of fused-ring (bicyclic) bond motifs is 4. The SMILES string of the molecule is CCCCOC(=O)C(Cc1c[nH]c2ccccc12)NC(=O)c1cnc(C2CCN(C)CC2)o1.CCCCOC(=O)C(Cc1c[nH]c2ccccc12)NC(=O)c1cnc(C2CCNCC2)o1.CCCCOC(=O)C(N)Cc1c[nH]c2ccccc12.CN1CCC(C(=O)O)CC1.CN1CCC(c2ncc(C(=O)O)o2)CC1.COC(=O)c1cnc(C2CCN(C)CC2)o1.NC(Cc1c[nH]c2ccccc12)C(=O)O.O=C(O)C1CCNCC1. The number of oxazole rings is 4. The van der Waals surface area contributed by atoms with E-state index in [9.17, 15) is 47.9 Å². The zero-order chi connectivity index (χ0) is 107. The molecule has 0 saturated carbocycles. The Kier molecular flexibility index (Phi) is 46.6. The van der Waals surface area contributed by atoms with Crippen molar-refractivity contribution in [1.82, 2.24) is 80.7 Å². The summed E-state index contributed by atoms with van der Waals surface area (Å²) in [6.07, 6.45) is 30.8. The number of nitrogens with two attached hydrogens (primary N) is 2. The fourth-order valence-corrected chi connectivity index (χ4v) is 18.0. The Labute approximate surface area is 866 Å². The molecular weight excluding hydrogens is 1910 g/mol. The Hall–Kier alpha value is -13.7. The predicted molar refractivity (Wildman–Crippen MR) is 560 cm³/mol. The highest BCUT2D eigenvalue weighted by atomic mass is 16.5. The number of carboxylic acids is 4. The number of nitrogens with zero attached hydrogens (tertiary/aromatic N) is 8. The lowest BCUT2D eigenvalue weighted by molar-refractivity contribution is -0.146. The van der Waals surface area contributed by atoms with Gasteiger partial charge in [-0.1, -0.05) is 113 Å². The van der Waals surface area contributed by atoms with Crippen LogP contribution in [-0.4, -0.2) is 297 Å². The molecule has 4 unspecified atom stereocenters. The topological polar surface area (TPSA) is 569 Å². The minimum absolute atomic E-state index is 0.0658. The number of esters is 4. The molecular formula is C109H148N18O22. The average molecular weight is 2060 g/mol. The van der Waals surface area contributed by atoms with Crippen molar-refractivity contribution in [2.45, 2.75) is 210 Å². The molecule has 40 heteroatoms. The maximum Gasteiger partial charge on any atom is 0.375 e. The quantitative estimate of drug-likeness (QED) is 0.0103. The molecule has 4 atom stereocenters. The Morgan fingerprint density at radius 1 is 0.383 bits per heavy atom. The Morgan fingerprint density at radius 3 is 0.993 bits per heavy atom. The van der Waals surface area contributed by atoms with Crippen LogP contribution in [0.4, 0.5) is 0 Å². The number of aromatic carboxylic acids is 1. The van der Waals surface area contributed by atoms with Gasteiger partial charge in [-0.3, -0.25) is 28.8 Å². The van der Waals surface area contributed by atoms with Gasteiger partial charge in [0.2, 0.25) is 23.0 Å². The van der Waals surface area contributed by atoms with E-state index in [-0.39, 0.29) is 58.6 Å². The lowest BCUT2D eigenvalue weighted by Crippen LogP contribution is -2.43. The first-order valence-electron chi connectivity index (χ1n) is 51.8. The molecule has 12 aromatic rings. The number of piperidine rings is 6. The van der Waals surface area contributed by atoms with E-state index in [2.05, 4.69) is 114 Å². The number of para-hydroxylation sites is 4. The van der Waals surface area contributed by atoms with Crippen molar-refractivity contribution in [3.05, 3.63) is 215 Å². The number of rotatable bonds is 33. The molecule has 149 heavy (non-hydrogen) atoms. The summed E-state index contributed by atoms with van der Waals surface area (Å²) in [6, 6.07) is 28.4. The van der Waals surface area contributed by atoms with Gasteiger partial charge in [0.25, 0.3) is 11.8 Å². The molecule has 2 amide bonds. The highest BCUT2D eigenvalue weighted by Gasteiger charge is 2.34. The number of aliphatic carboxylic acids is 3. The number of nitrogens with one attached hydrogen (secondary N) is 8. The summed E-state index contributed by atoms with van der Waals surface area (Å²) in [4.78, 5) is 155. The van der Waals surface area contributed by atoms with Gasteiger partial charge in [-0.05, 0) is 250 Å². The predicted octanol–water partition coefficient (Wildman–Crippen LogP) is 13.4. The van der Waals surface area contributed by atoms with Gasteiger partial charge in [-0.2, -0.15) is 0 Å². The first-order valence-corrected chi connectivity index (χ1v) is 51.8. The molecule has 18 rings (SSSR count). The van der Waals surface area contributed by atoms with Gasteiger partial charge in [0.05, 0.1) is 63.6 Å². The number of carbonyl (C=O) groups excluding carboxylic acids is 6. The number of methoxy groups -OCH3 is 1. The van der Waals surface area contributed by atoms with Crippen LogP contribution < -0.4 is 32.7 Å². The van der Waals surface area contributed by atoms with Gasteiger partial charge in [-0.25, -0.2) is 39.1 Å². The molecule has 8 aromatic heterocycles. The minimum atomic E-state index is -1.05. The number of hydrogen-bond acceptors (Lipinski definition) is 30. The monoisotopic (exact) mass is 2060 g/mol. The van der Waals surface area contributed by atoms with Crippen LogP contribution in [0.3, 0.4) is 0 Å². The van der Waals surface area contributed by atoms with E-state index < -0.39 is 77.8 Å². The van der Waals surface area contributed by atoms with Crippen molar-refractivity contribution in [3.8, 4) is 0 Å². The largest absolute Gasteiger partial charge is 0.481 e. The molecule has 806 valence electrons. The molecule has 0 radical (unpaired) electrons. The van der Waals surface area contributed by atoms with Crippen LogP contribution in [-0.2, 0) is 73.4 Å². The maximum absolute atomic E-state index is 13.0. The van der Waals surface area contributed by atoms with Crippen LogP contribution in [0.5, 0.6) is 0 Å². The molecule has 6 aliphatic rings. The number of H-pyrrole nitrogens is 4. The third-order valence-corrected chi connectivity index (χ3v) is 27.2. The second-order valence-corrected chi connectivity index (χ2v) is 38.5. The van der Waals surface area contributed by atoms with E-state index in [0.717, 1.165) is 260 Å². The van der Waals surface area contributed by atoms with Crippen molar-refractivity contribution in [1.29, 1.82) is 0 Å². The summed E-state index contributed by atoms with van der Waals surface area (Å²) in [5.74, 6) is -2.30. The first kappa shape index (κ1) is 116. The third-order valence-electron chi connectivity index (χ3n) is 27.2. The standard InChI is InChI=1S/C25H32N4O4.C24H30N4O4.C15H20N2O2.C11H16N2O3.C11H12N2O2.C10H14N2O3.C7H13NO2.C6H11NO2/c1-3-4-13-32-25(31)21(14-18-15-26-20-8-6-5-7-19(18)20)28-23(30)22-16-27-24(33-22)17-9-11-29(2)12-10-17;1-2-3-12-31-24(30)20(13-17-14-26-19-7-5-4-6-18(17)19)28-22(29)21-15-27-23(32-21)16-8-10-25-11-9-16;1-2-3-8-19-15(18)13(16)9-11-10-17-14-7-5-4-6-12(11)14;1-13-5-3-8(4-6-13)10-12-7-9(16-10)11(14)15-2;12-9(11(14)15)5-7-6-13-10-4-2-1-3-8(7)10;1-12-4-2-7(3-5-12)9-11-6-8(15-9)10(13)14;1-8-4-2-6(3-5-8)7(9)10;8-6(9)5-1-3-7-4-2-5/h5-8,15-17,21,26H,3-4,9-14H2,1-2H3,(H,28,30);4-7,14-16,20,25-26H,2-3,8-13H2,1H3,(H,28,29);4-7,10,13,17H,2-3,8-9,16H2,1H3;7-8H,3-6H2,1-2H3;1-4,6,9,13H,5,12H2,(H,14,15);6-7H,2-5H2,1H3,(H,13,14);6H,2-5H2,1H3,(H,9,10);5,7H,1-4H2,(H,8,9). The molecule has 6 aliphatic heterocycles. The third kappa shape index (κ3) is 36.0. The van der Waals surface area contributed by atoms with Gasteiger partial charge < -0.3 is 129 Å². The van der Waals surface area contributed by atoms with Crippen molar-refractivity contribution >= 4 is 103 Å². The lowest BCUT2D eigenvalue weighted by Gasteiger charge is -2.26. The van der Waals surface area contributed by atoms with Crippen molar-refractivity contribution < 1.29 is 105 Å². The Morgan fingerprint density at radius 2 is 0.671 bits per heavy atom.